The van der Waals surface area contributed by atoms with Gasteiger partial charge in [-0.15, -0.1) is 11.3 Å². The van der Waals surface area contributed by atoms with Gasteiger partial charge in [0.25, 0.3) is 0 Å². The van der Waals surface area contributed by atoms with Gasteiger partial charge < -0.3 is 14.8 Å². The summed E-state index contributed by atoms with van der Waals surface area (Å²) in [5, 5.41) is 5.17. The Morgan fingerprint density at radius 3 is 2.90 bits per heavy atom. The summed E-state index contributed by atoms with van der Waals surface area (Å²) in [6, 6.07) is 8.91. The van der Waals surface area contributed by atoms with Crippen LogP contribution in [0.2, 0.25) is 0 Å². The first kappa shape index (κ1) is 15.0. The topological polar surface area (TPSA) is 30.5 Å². The Labute approximate surface area is 122 Å². The Morgan fingerprint density at radius 2 is 2.15 bits per heavy atom. The summed E-state index contributed by atoms with van der Waals surface area (Å²) in [4.78, 5) is 1.08. The third kappa shape index (κ3) is 4.30. The summed E-state index contributed by atoms with van der Waals surface area (Å²) in [7, 11) is 1.65. The van der Waals surface area contributed by atoms with E-state index in [0.717, 1.165) is 17.0 Å². The quantitative estimate of drug-likeness (QED) is 0.759. The zero-order valence-corrected chi connectivity index (χ0v) is 12.2. The van der Waals surface area contributed by atoms with E-state index in [0.29, 0.717) is 25.5 Å². The average Bonchev–Trinajstić information content (AvgIpc) is 2.96. The monoisotopic (exact) mass is 295 g/mol. The van der Waals surface area contributed by atoms with Gasteiger partial charge in [-0.3, -0.25) is 0 Å². The third-order valence-corrected chi connectivity index (χ3v) is 3.64. The number of benzene rings is 1. The highest BCUT2D eigenvalue weighted by atomic mass is 32.1. The normalized spacial score (nSPS) is 10.7. The van der Waals surface area contributed by atoms with E-state index in [4.69, 9.17) is 9.47 Å². The van der Waals surface area contributed by atoms with E-state index in [9.17, 15) is 4.39 Å². The number of hydrogen-bond acceptors (Lipinski definition) is 4. The van der Waals surface area contributed by atoms with Gasteiger partial charge in [-0.1, -0.05) is 18.2 Å². The molecule has 5 heteroatoms. The fraction of sp³-hybridized carbons (Fsp3) is 0.333. The van der Waals surface area contributed by atoms with Crippen LogP contribution in [0.5, 0.6) is 5.75 Å². The molecule has 0 fully saturated rings. The molecule has 2 rings (SSSR count). The second kappa shape index (κ2) is 7.99. The molecule has 0 atom stereocenters. The summed E-state index contributed by atoms with van der Waals surface area (Å²) in [5.41, 5.74) is 0.817. The van der Waals surface area contributed by atoms with Crippen molar-refractivity contribution in [3.63, 3.8) is 0 Å². The van der Waals surface area contributed by atoms with Gasteiger partial charge in [-0.05, 0) is 17.5 Å². The van der Waals surface area contributed by atoms with E-state index in [1.807, 2.05) is 23.6 Å². The zero-order valence-electron chi connectivity index (χ0n) is 11.4. The van der Waals surface area contributed by atoms with Gasteiger partial charge in [0, 0.05) is 30.6 Å². The number of halogens is 1. The lowest BCUT2D eigenvalue weighted by Crippen LogP contribution is -2.19. The van der Waals surface area contributed by atoms with Gasteiger partial charge in [-0.2, -0.15) is 0 Å². The van der Waals surface area contributed by atoms with Crippen LogP contribution in [-0.4, -0.2) is 20.3 Å². The fourth-order valence-electron chi connectivity index (χ4n) is 1.79. The molecule has 0 saturated heterocycles. The molecule has 0 unspecified atom stereocenters. The van der Waals surface area contributed by atoms with Crippen LogP contribution in [0.3, 0.4) is 0 Å². The van der Waals surface area contributed by atoms with E-state index in [2.05, 4.69) is 5.32 Å². The molecule has 1 aromatic carbocycles. The molecule has 0 aliphatic rings. The number of thiophene rings is 1. The number of methoxy groups -OCH3 is 1. The molecule has 3 nitrogen and oxygen atoms in total. The summed E-state index contributed by atoms with van der Waals surface area (Å²) in [6.45, 7) is 2.29. The Kier molecular flexibility index (Phi) is 5.98. The molecule has 1 aromatic heterocycles. The minimum absolute atomic E-state index is 0.325. The lowest BCUT2D eigenvalue weighted by Gasteiger charge is -2.12. The van der Waals surface area contributed by atoms with Crippen molar-refractivity contribution < 1.29 is 13.9 Å². The molecule has 20 heavy (non-hydrogen) atoms. The van der Waals surface area contributed by atoms with Gasteiger partial charge in [0.15, 0.2) is 11.6 Å². The summed E-state index contributed by atoms with van der Waals surface area (Å²) >= 11 is 1.60. The number of ether oxygens (including phenoxy) is 2. The van der Waals surface area contributed by atoms with Crippen LogP contribution in [0.25, 0.3) is 0 Å². The molecule has 0 radical (unpaired) electrons. The molecule has 0 spiro atoms. The maximum Gasteiger partial charge on any atom is 0.165 e. The number of hydrogen-bond donors (Lipinski definition) is 1. The predicted octanol–water partition coefficient (Wildman–Crippen LogP) is 3.20. The maximum atomic E-state index is 13.9. The highest BCUT2D eigenvalue weighted by molar-refractivity contribution is 7.09. The van der Waals surface area contributed by atoms with Crippen LogP contribution in [0.1, 0.15) is 10.4 Å². The summed E-state index contributed by atoms with van der Waals surface area (Å²) in [5.74, 6) is -0.00147. The first-order valence-corrected chi connectivity index (χ1v) is 7.31. The minimum Gasteiger partial charge on any atom is -0.485 e. The first-order valence-electron chi connectivity index (χ1n) is 6.43. The molecular formula is C15H18FNO2S. The van der Waals surface area contributed by atoms with Gasteiger partial charge in [0.2, 0.25) is 0 Å². The smallest absolute Gasteiger partial charge is 0.165 e. The van der Waals surface area contributed by atoms with E-state index >= 15 is 0 Å². The van der Waals surface area contributed by atoms with Crippen molar-refractivity contribution in [3.8, 4) is 5.75 Å². The Hall–Kier alpha value is -1.43. The van der Waals surface area contributed by atoms with Crippen LogP contribution >= 0.6 is 11.3 Å². The molecule has 0 aliphatic heterocycles. The Bertz CT molecular complexity index is 517. The van der Waals surface area contributed by atoms with Crippen molar-refractivity contribution in [2.45, 2.75) is 13.2 Å². The van der Waals surface area contributed by atoms with Crippen molar-refractivity contribution in [1.82, 2.24) is 5.32 Å². The molecule has 0 bridgehead atoms. The van der Waals surface area contributed by atoms with Crippen molar-refractivity contribution in [3.05, 3.63) is 52.0 Å². The predicted molar refractivity (Wildman–Crippen MR) is 78.6 cm³/mol. The second-order valence-corrected chi connectivity index (χ2v) is 5.30. The lowest BCUT2D eigenvalue weighted by atomic mass is 10.2. The standard InChI is InChI=1S/C15H18FNO2S/c1-18-8-7-17-10-12-4-2-6-14(16)15(12)19-11-13-5-3-9-20-13/h2-6,9,17H,7-8,10-11H2,1H3. The van der Waals surface area contributed by atoms with Crippen LogP contribution in [0.4, 0.5) is 4.39 Å². The number of nitrogens with one attached hydrogen (secondary N) is 1. The van der Waals surface area contributed by atoms with Crippen LogP contribution in [0.15, 0.2) is 35.7 Å². The fourth-order valence-corrected chi connectivity index (χ4v) is 2.41. The molecule has 1 heterocycles. The van der Waals surface area contributed by atoms with E-state index in [1.165, 1.54) is 6.07 Å². The van der Waals surface area contributed by atoms with Crippen LogP contribution in [-0.2, 0) is 17.9 Å². The van der Waals surface area contributed by atoms with Crippen molar-refractivity contribution in [2.75, 3.05) is 20.3 Å². The first-order chi connectivity index (χ1) is 9.81. The average molecular weight is 295 g/mol. The maximum absolute atomic E-state index is 13.9. The molecule has 108 valence electrons. The lowest BCUT2D eigenvalue weighted by molar-refractivity contribution is 0.199. The van der Waals surface area contributed by atoms with Crippen molar-refractivity contribution in [2.24, 2.45) is 0 Å². The van der Waals surface area contributed by atoms with Gasteiger partial charge in [-0.25, -0.2) is 4.39 Å². The Balaban J connectivity index is 1.98. The third-order valence-electron chi connectivity index (χ3n) is 2.79. The van der Waals surface area contributed by atoms with Gasteiger partial charge in [0.05, 0.1) is 6.61 Å². The van der Waals surface area contributed by atoms with Gasteiger partial charge in [0.1, 0.15) is 6.61 Å². The minimum atomic E-state index is -0.326. The summed E-state index contributed by atoms with van der Waals surface area (Å²) < 4.78 is 24.5. The van der Waals surface area contributed by atoms with Crippen LogP contribution < -0.4 is 10.1 Å². The second-order valence-electron chi connectivity index (χ2n) is 4.27. The number of para-hydroxylation sites is 1. The molecular weight excluding hydrogens is 277 g/mol. The van der Waals surface area contributed by atoms with Gasteiger partial charge >= 0.3 is 0 Å². The SMILES string of the molecule is COCCNCc1cccc(F)c1OCc1cccs1. The van der Waals surface area contributed by atoms with E-state index in [-0.39, 0.29) is 5.82 Å². The van der Waals surface area contributed by atoms with Crippen molar-refractivity contribution in [1.29, 1.82) is 0 Å². The van der Waals surface area contributed by atoms with E-state index < -0.39 is 0 Å². The summed E-state index contributed by atoms with van der Waals surface area (Å²) in [6.07, 6.45) is 0. The van der Waals surface area contributed by atoms with Crippen LogP contribution in [0, 0.1) is 5.82 Å². The zero-order chi connectivity index (χ0) is 14.2. The molecule has 2 aromatic rings. The highest BCUT2D eigenvalue weighted by Gasteiger charge is 2.10. The molecule has 1 N–H and O–H groups in total. The van der Waals surface area contributed by atoms with E-state index in [1.54, 1.807) is 24.5 Å². The Morgan fingerprint density at radius 1 is 1.25 bits per heavy atom. The highest BCUT2D eigenvalue weighted by Crippen LogP contribution is 2.24. The molecule has 0 aliphatic carbocycles. The largest absolute Gasteiger partial charge is 0.485 e. The molecule has 0 saturated carbocycles. The van der Waals surface area contributed by atoms with Crippen molar-refractivity contribution >= 4 is 11.3 Å². The molecule has 0 amide bonds. The number of rotatable bonds is 8.